The second-order valence-electron chi connectivity index (χ2n) is 7.58. The molecule has 33 heavy (non-hydrogen) atoms. The lowest BCUT2D eigenvalue weighted by Crippen LogP contribution is -2.40. The fraction of sp³-hybridized carbons (Fsp3) is 0.478. The van der Waals surface area contributed by atoms with E-state index in [1.165, 1.54) is 0 Å². The van der Waals surface area contributed by atoms with Crippen LogP contribution in [-0.4, -0.2) is 59.8 Å². The molecule has 176 valence electrons. The van der Waals surface area contributed by atoms with Gasteiger partial charge in [0.25, 0.3) is 0 Å². The molecule has 2 atom stereocenters. The molecule has 2 aromatic heterocycles. The summed E-state index contributed by atoms with van der Waals surface area (Å²) in [5, 5.41) is 12.1. The first-order chi connectivity index (χ1) is 16.1. The van der Waals surface area contributed by atoms with Gasteiger partial charge in [0.15, 0.2) is 0 Å². The highest BCUT2D eigenvalue weighted by molar-refractivity contribution is 5.82. The average molecular weight is 456 g/mol. The van der Waals surface area contributed by atoms with Crippen LogP contribution in [-0.2, 0) is 4.79 Å². The predicted octanol–water partition coefficient (Wildman–Crippen LogP) is 2.39. The van der Waals surface area contributed by atoms with Crippen LogP contribution in [0.3, 0.4) is 0 Å². The molecular weight excluding hydrogens is 425 g/mol. The number of ether oxygens (including phenoxy) is 1. The summed E-state index contributed by atoms with van der Waals surface area (Å²) >= 11 is 0. The summed E-state index contributed by atoms with van der Waals surface area (Å²) in [5.74, 6) is 7.65. The van der Waals surface area contributed by atoms with E-state index < -0.39 is 12.2 Å². The van der Waals surface area contributed by atoms with Gasteiger partial charge in [-0.1, -0.05) is 18.8 Å². The van der Waals surface area contributed by atoms with E-state index in [1.807, 2.05) is 0 Å². The Labute approximate surface area is 193 Å². The zero-order valence-corrected chi connectivity index (χ0v) is 18.9. The van der Waals surface area contributed by atoms with Crippen molar-refractivity contribution in [3.8, 4) is 17.7 Å². The summed E-state index contributed by atoms with van der Waals surface area (Å²) < 4.78 is 18.3. The summed E-state index contributed by atoms with van der Waals surface area (Å²) in [7, 11) is 1.56. The van der Waals surface area contributed by atoms with Crippen molar-refractivity contribution in [2.24, 2.45) is 0 Å². The molecule has 3 heterocycles. The van der Waals surface area contributed by atoms with E-state index in [4.69, 9.17) is 4.74 Å². The Morgan fingerprint density at radius 1 is 1.36 bits per heavy atom. The summed E-state index contributed by atoms with van der Waals surface area (Å²) in [5.41, 5.74) is 1.47. The lowest BCUT2D eigenvalue weighted by Gasteiger charge is -2.10. The molecule has 0 aromatic carbocycles. The van der Waals surface area contributed by atoms with Gasteiger partial charge < -0.3 is 26.0 Å². The van der Waals surface area contributed by atoms with Gasteiger partial charge in [-0.05, 0) is 18.9 Å². The summed E-state index contributed by atoms with van der Waals surface area (Å²) in [6, 6.07) is 3.12. The zero-order valence-electron chi connectivity index (χ0n) is 18.9. The number of alkyl halides is 1. The quantitative estimate of drug-likeness (QED) is 0.319. The maximum atomic E-state index is 13.2. The number of pyridine rings is 1. The highest BCUT2D eigenvalue weighted by Gasteiger charge is 2.28. The Bertz CT molecular complexity index is 992. The average Bonchev–Trinajstić information content (AvgIpc) is 3.27. The molecule has 4 N–H and O–H groups in total. The van der Waals surface area contributed by atoms with Crippen molar-refractivity contribution in [1.82, 2.24) is 25.6 Å². The Morgan fingerprint density at radius 3 is 3.00 bits per heavy atom. The number of amides is 1. The van der Waals surface area contributed by atoms with Gasteiger partial charge in [0.05, 0.1) is 24.9 Å². The van der Waals surface area contributed by atoms with Gasteiger partial charge >= 0.3 is 0 Å². The molecule has 1 fully saturated rings. The molecule has 0 spiro atoms. The van der Waals surface area contributed by atoms with Crippen molar-refractivity contribution in [1.29, 1.82) is 0 Å². The van der Waals surface area contributed by atoms with Gasteiger partial charge in [0, 0.05) is 50.4 Å². The number of carbonyl (C=O) groups is 1. The first kappa shape index (κ1) is 24.2. The van der Waals surface area contributed by atoms with Gasteiger partial charge in [0.1, 0.15) is 12.0 Å². The van der Waals surface area contributed by atoms with Crippen LogP contribution >= 0.6 is 0 Å². The zero-order chi connectivity index (χ0) is 23.5. The third-order valence-corrected chi connectivity index (χ3v) is 4.93. The molecule has 3 rings (SSSR count). The minimum absolute atomic E-state index is 0.155. The Kier molecular flexibility index (Phi) is 9.20. The normalized spacial score (nSPS) is 17.1. The molecule has 2 aromatic rings. The van der Waals surface area contributed by atoms with Crippen LogP contribution in [0.5, 0.6) is 5.88 Å². The molecule has 10 heteroatoms. The maximum absolute atomic E-state index is 13.2. The molecule has 0 bridgehead atoms. The van der Waals surface area contributed by atoms with Gasteiger partial charge in [-0.25, -0.2) is 14.4 Å². The molecule has 0 radical (unpaired) electrons. The number of methoxy groups -OCH3 is 1. The molecule has 1 aliphatic heterocycles. The van der Waals surface area contributed by atoms with Gasteiger partial charge in [0.2, 0.25) is 17.7 Å². The number of anilines is 3. The molecular formula is C23H30FN7O2. The minimum Gasteiger partial charge on any atom is -0.481 e. The first-order valence-corrected chi connectivity index (χ1v) is 11.1. The largest absolute Gasteiger partial charge is 0.481 e. The van der Waals surface area contributed by atoms with Crippen LogP contribution in [0.25, 0.3) is 0 Å². The molecule has 1 saturated heterocycles. The maximum Gasteiger partial charge on any atom is 0.237 e. The number of nitrogens with zero attached hydrogens (tertiary/aromatic N) is 3. The van der Waals surface area contributed by atoms with Gasteiger partial charge in [-0.15, -0.1) is 0 Å². The molecule has 0 unspecified atom stereocenters. The number of hydrogen-bond acceptors (Lipinski definition) is 8. The summed E-state index contributed by atoms with van der Waals surface area (Å²) in [6.45, 7) is 3.57. The molecule has 1 aliphatic rings. The van der Waals surface area contributed by atoms with Gasteiger partial charge in [-0.3, -0.25) is 4.79 Å². The Morgan fingerprint density at radius 2 is 2.24 bits per heavy atom. The van der Waals surface area contributed by atoms with Crippen molar-refractivity contribution in [3.63, 3.8) is 0 Å². The van der Waals surface area contributed by atoms with E-state index >= 15 is 0 Å². The number of unbranched alkanes of at least 4 members (excludes halogenated alkanes) is 1. The van der Waals surface area contributed by atoms with Gasteiger partial charge in [-0.2, -0.15) is 4.98 Å². The smallest absolute Gasteiger partial charge is 0.237 e. The molecule has 0 aliphatic carbocycles. The van der Waals surface area contributed by atoms with Crippen LogP contribution in [0, 0.1) is 11.8 Å². The third kappa shape index (κ3) is 7.57. The standard InChI is InChI=1S/C23H30FN7O2/c1-3-9-26-21-16(7-5-4-6-10-27-22(32)19-12-17(24)15-28-19)14-29-23(31-21)30-18-8-11-25-20(13-18)33-2/h8,11,13-14,17,19,28H,3-4,6,9-10,12,15H2,1-2H3,(H,27,32)(H2,25,26,29,30,31)/t17-,19-/m0/s1. The number of hydrogen-bond donors (Lipinski definition) is 4. The summed E-state index contributed by atoms with van der Waals surface area (Å²) in [4.78, 5) is 25.0. The number of nitrogens with one attached hydrogen (secondary N) is 4. The number of carbonyl (C=O) groups excluding carboxylic acids is 1. The highest BCUT2D eigenvalue weighted by atomic mass is 19.1. The summed E-state index contributed by atoms with van der Waals surface area (Å²) in [6.07, 6.45) is 4.86. The predicted molar refractivity (Wildman–Crippen MR) is 125 cm³/mol. The Balaban J connectivity index is 1.54. The first-order valence-electron chi connectivity index (χ1n) is 11.1. The van der Waals surface area contributed by atoms with E-state index in [1.54, 1.807) is 31.6 Å². The molecule has 1 amide bonds. The number of halogens is 1. The highest BCUT2D eigenvalue weighted by Crippen LogP contribution is 2.19. The van der Waals surface area contributed by atoms with Crippen LogP contribution in [0.15, 0.2) is 24.5 Å². The van der Waals surface area contributed by atoms with E-state index in [9.17, 15) is 9.18 Å². The second kappa shape index (κ2) is 12.6. The van der Waals surface area contributed by atoms with Crippen LogP contribution in [0.1, 0.15) is 38.2 Å². The van der Waals surface area contributed by atoms with Crippen molar-refractivity contribution in [2.75, 3.05) is 37.4 Å². The SMILES string of the molecule is CCCNc1nc(Nc2ccnc(OC)c2)ncc1C#CCCCNC(=O)[C@@H]1C[C@H](F)CN1. The van der Waals surface area contributed by atoms with Crippen LogP contribution < -0.4 is 26.0 Å². The minimum atomic E-state index is -0.946. The van der Waals surface area contributed by atoms with Crippen molar-refractivity contribution < 1.29 is 13.9 Å². The molecule has 0 saturated carbocycles. The number of rotatable bonds is 10. The lowest BCUT2D eigenvalue weighted by atomic mass is 10.2. The van der Waals surface area contributed by atoms with E-state index in [-0.39, 0.29) is 18.9 Å². The van der Waals surface area contributed by atoms with Crippen molar-refractivity contribution in [3.05, 3.63) is 30.1 Å². The monoisotopic (exact) mass is 455 g/mol. The van der Waals surface area contributed by atoms with E-state index in [2.05, 4.69) is 55.0 Å². The van der Waals surface area contributed by atoms with E-state index in [0.717, 1.165) is 18.7 Å². The topological polar surface area (TPSA) is 113 Å². The number of aromatic nitrogens is 3. The fourth-order valence-corrected chi connectivity index (χ4v) is 3.20. The Hall–Kier alpha value is -3.45. The third-order valence-electron chi connectivity index (χ3n) is 4.93. The fourth-order valence-electron chi connectivity index (χ4n) is 3.20. The van der Waals surface area contributed by atoms with Crippen LogP contribution in [0.4, 0.5) is 21.8 Å². The molecule has 9 nitrogen and oxygen atoms in total. The van der Waals surface area contributed by atoms with Crippen LogP contribution in [0.2, 0.25) is 0 Å². The van der Waals surface area contributed by atoms with E-state index in [0.29, 0.717) is 42.6 Å². The van der Waals surface area contributed by atoms with Crippen molar-refractivity contribution >= 4 is 23.4 Å². The lowest BCUT2D eigenvalue weighted by molar-refractivity contribution is -0.122. The second-order valence-corrected chi connectivity index (χ2v) is 7.58. The van der Waals surface area contributed by atoms with Crippen molar-refractivity contribution in [2.45, 2.75) is 44.8 Å².